The predicted molar refractivity (Wildman–Crippen MR) is 56.5 cm³/mol. The Morgan fingerprint density at radius 2 is 1.88 bits per heavy atom. The van der Waals surface area contributed by atoms with Gasteiger partial charge in [0.1, 0.15) is 6.04 Å². The number of aliphatic carboxylic acids is 1. The molecule has 0 saturated carbocycles. The van der Waals surface area contributed by atoms with E-state index in [0.29, 0.717) is 0 Å². The Morgan fingerprint density at radius 1 is 1.38 bits per heavy atom. The predicted octanol–water partition coefficient (Wildman–Crippen LogP) is -1.57. The van der Waals surface area contributed by atoms with Gasteiger partial charge in [0.2, 0.25) is 11.8 Å². The molecule has 2 amide bonds. The quantitative estimate of drug-likeness (QED) is 0.440. The molecule has 0 aliphatic heterocycles. The van der Waals surface area contributed by atoms with E-state index in [0.717, 1.165) is 0 Å². The van der Waals surface area contributed by atoms with E-state index in [1.54, 1.807) is 20.9 Å². The maximum atomic E-state index is 11.6. The van der Waals surface area contributed by atoms with Crippen LogP contribution in [0.2, 0.25) is 0 Å². The molecule has 0 aromatic carbocycles. The molecule has 92 valence electrons. The molecule has 0 aromatic rings. The van der Waals surface area contributed by atoms with Crippen LogP contribution >= 0.6 is 0 Å². The van der Waals surface area contributed by atoms with Crippen LogP contribution in [-0.4, -0.2) is 41.5 Å². The Bertz CT molecular complexity index is 301. The average molecular weight is 231 g/mol. The first-order valence-corrected chi connectivity index (χ1v) is 4.71. The smallest absolute Gasteiger partial charge is 0.326 e. The third kappa shape index (κ3) is 4.26. The van der Waals surface area contributed by atoms with Crippen molar-refractivity contribution < 1.29 is 19.5 Å². The van der Waals surface area contributed by atoms with Crippen LogP contribution in [0.4, 0.5) is 0 Å². The van der Waals surface area contributed by atoms with Gasteiger partial charge < -0.3 is 21.5 Å². The topological polar surface area (TPSA) is 122 Å². The fourth-order valence-electron chi connectivity index (χ4n) is 0.853. The van der Waals surface area contributed by atoms with Gasteiger partial charge in [-0.3, -0.25) is 9.59 Å². The van der Waals surface area contributed by atoms with E-state index in [1.807, 2.05) is 0 Å². The van der Waals surface area contributed by atoms with Crippen molar-refractivity contribution in [3.8, 4) is 0 Å². The Balaban J connectivity index is 4.58. The summed E-state index contributed by atoms with van der Waals surface area (Å²) in [4.78, 5) is 33.0. The standard InChI is InChI=1S/C9H17N3O4/c1-9(2,11-3)8(16)12-5(7(14)15)4-6(10)13/h5,11H,4H2,1-3H3,(H2,10,13)(H,12,16)(H,14,15)/t5-/m0/s1. The molecule has 0 bridgehead atoms. The molecule has 5 N–H and O–H groups in total. The van der Waals surface area contributed by atoms with Gasteiger partial charge in [0.25, 0.3) is 0 Å². The van der Waals surface area contributed by atoms with E-state index in [1.165, 1.54) is 0 Å². The summed E-state index contributed by atoms with van der Waals surface area (Å²) in [6.07, 6.45) is -0.430. The van der Waals surface area contributed by atoms with Crippen molar-refractivity contribution in [2.45, 2.75) is 31.8 Å². The second kappa shape index (κ2) is 5.45. The number of primary amides is 1. The lowest BCUT2D eigenvalue weighted by Crippen LogP contribution is -2.55. The summed E-state index contributed by atoms with van der Waals surface area (Å²) in [5.41, 5.74) is 3.97. The van der Waals surface area contributed by atoms with Crippen LogP contribution in [0.25, 0.3) is 0 Å². The van der Waals surface area contributed by atoms with Gasteiger partial charge in [-0.05, 0) is 20.9 Å². The summed E-state index contributed by atoms with van der Waals surface area (Å²) in [6, 6.07) is -1.29. The summed E-state index contributed by atoms with van der Waals surface area (Å²) >= 11 is 0. The molecule has 0 spiro atoms. The maximum Gasteiger partial charge on any atom is 0.326 e. The van der Waals surface area contributed by atoms with E-state index in [-0.39, 0.29) is 0 Å². The zero-order valence-electron chi connectivity index (χ0n) is 9.53. The van der Waals surface area contributed by atoms with Crippen LogP contribution in [0.15, 0.2) is 0 Å². The van der Waals surface area contributed by atoms with Gasteiger partial charge in [-0.2, -0.15) is 0 Å². The Morgan fingerprint density at radius 3 is 2.19 bits per heavy atom. The minimum atomic E-state index is -1.29. The number of likely N-dealkylation sites (N-methyl/N-ethyl adjacent to an activating group) is 1. The van der Waals surface area contributed by atoms with Gasteiger partial charge in [-0.15, -0.1) is 0 Å². The van der Waals surface area contributed by atoms with Crippen LogP contribution in [0.5, 0.6) is 0 Å². The number of nitrogens with two attached hydrogens (primary N) is 1. The van der Waals surface area contributed by atoms with Gasteiger partial charge >= 0.3 is 5.97 Å². The van der Waals surface area contributed by atoms with Crippen molar-refractivity contribution in [1.29, 1.82) is 0 Å². The Hall–Kier alpha value is -1.63. The molecule has 0 rings (SSSR count). The van der Waals surface area contributed by atoms with Crippen molar-refractivity contribution in [1.82, 2.24) is 10.6 Å². The fraction of sp³-hybridized carbons (Fsp3) is 0.667. The number of rotatable bonds is 6. The summed E-state index contributed by atoms with van der Waals surface area (Å²) in [6.45, 7) is 3.18. The second-order valence-corrected chi connectivity index (χ2v) is 3.91. The summed E-state index contributed by atoms with van der Waals surface area (Å²) in [7, 11) is 1.57. The Labute approximate surface area is 93.4 Å². The third-order valence-electron chi connectivity index (χ3n) is 2.20. The monoisotopic (exact) mass is 231 g/mol. The SMILES string of the molecule is CNC(C)(C)C(=O)N[C@@H](CC(N)=O)C(=O)O. The molecule has 1 atom stereocenters. The van der Waals surface area contributed by atoms with Gasteiger partial charge in [0.05, 0.1) is 12.0 Å². The van der Waals surface area contributed by atoms with E-state index in [4.69, 9.17) is 10.8 Å². The van der Waals surface area contributed by atoms with Crippen molar-refractivity contribution >= 4 is 17.8 Å². The summed E-state index contributed by atoms with van der Waals surface area (Å²) in [5.74, 6) is -2.59. The highest BCUT2D eigenvalue weighted by atomic mass is 16.4. The summed E-state index contributed by atoms with van der Waals surface area (Å²) in [5, 5.41) is 13.7. The fourth-order valence-corrected chi connectivity index (χ4v) is 0.853. The van der Waals surface area contributed by atoms with E-state index < -0.39 is 35.8 Å². The molecular weight excluding hydrogens is 214 g/mol. The van der Waals surface area contributed by atoms with Crippen LogP contribution < -0.4 is 16.4 Å². The molecule has 0 aromatic heterocycles. The molecule has 0 fully saturated rings. The molecule has 0 unspecified atom stereocenters. The lowest BCUT2D eigenvalue weighted by atomic mass is 10.0. The number of hydrogen-bond donors (Lipinski definition) is 4. The maximum absolute atomic E-state index is 11.6. The molecule has 7 heteroatoms. The highest BCUT2D eigenvalue weighted by Gasteiger charge is 2.30. The molecule has 0 aliphatic carbocycles. The second-order valence-electron chi connectivity index (χ2n) is 3.91. The largest absolute Gasteiger partial charge is 0.480 e. The number of nitrogens with one attached hydrogen (secondary N) is 2. The lowest BCUT2D eigenvalue weighted by Gasteiger charge is -2.24. The molecule has 0 saturated heterocycles. The van der Waals surface area contributed by atoms with E-state index in [9.17, 15) is 14.4 Å². The van der Waals surface area contributed by atoms with Gasteiger partial charge in [0.15, 0.2) is 0 Å². The van der Waals surface area contributed by atoms with Gasteiger partial charge in [-0.25, -0.2) is 4.79 Å². The first-order valence-electron chi connectivity index (χ1n) is 4.71. The number of hydrogen-bond acceptors (Lipinski definition) is 4. The molecular formula is C9H17N3O4. The highest BCUT2D eigenvalue weighted by Crippen LogP contribution is 2.02. The van der Waals surface area contributed by atoms with Crippen LogP contribution in [0, 0.1) is 0 Å². The Kier molecular flexibility index (Phi) is 4.90. The minimum absolute atomic E-state index is 0.430. The number of carbonyl (C=O) groups excluding carboxylic acids is 2. The molecule has 7 nitrogen and oxygen atoms in total. The number of amides is 2. The number of carbonyl (C=O) groups is 3. The van der Waals surface area contributed by atoms with Crippen molar-refractivity contribution in [2.75, 3.05) is 7.05 Å². The van der Waals surface area contributed by atoms with Crippen molar-refractivity contribution in [3.05, 3.63) is 0 Å². The molecule has 0 radical (unpaired) electrons. The highest BCUT2D eigenvalue weighted by molar-refractivity contribution is 5.91. The first kappa shape index (κ1) is 14.4. The number of carboxylic acids is 1. The molecule has 0 heterocycles. The van der Waals surface area contributed by atoms with E-state index in [2.05, 4.69) is 10.6 Å². The van der Waals surface area contributed by atoms with Crippen molar-refractivity contribution in [3.63, 3.8) is 0 Å². The normalized spacial score (nSPS) is 12.9. The average Bonchev–Trinajstić information content (AvgIpc) is 2.15. The zero-order valence-corrected chi connectivity index (χ0v) is 9.53. The zero-order chi connectivity index (χ0) is 12.9. The molecule has 16 heavy (non-hydrogen) atoms. The minimum Gasteiger partial charge on any atom is -0.480 e. The first-order chi connectivity index (χ1) is 7.20. The van der Waals surface area contributed by atoms with Crippen LogP contribution in [0.3, 0.4) is 0 Å². The van der Waals surface area contributed by atoms with Gasteiger partial charge in [-0.1, -0.05) is 0 Å². The van der Waals surface area contributed by atoms with Crippen LogP contribution in [0.1, 0.15) is 20.3 Å². The van der Waals surface area contributed by atoms with Gasteiger partial charge in [0, 0.05) is 0 Å². The molecule has 0 aliphatic rings. The number of carboxylic acid groups (broad SMARTS) is 1. The third-order valence-corrected chi connectivity index (χ3v) is 2.20. The lowest BCUT2D eigenvalue weighted by molar-refractivity contribution is -0.144. The van der Waals surface area contributed by atoms with Crippen LogP contribution in [-0.2, 0) is 14.4 Å². The van der Waals surface area contributed by atoms with E-state index >= 15 is 0 Å². The van der Waals surface area contributed by atoms with Crippen molar-refractivity contribution in [2.24, 2.45) is 5.73 Å². The summed E-state index contributed by atoms with van der Waals surface area (Å²) < 4.78 is 0.